The monoisotopic (exact) mass is 514 g/mol. The molecule has 9 nitrogen and oxygen atoms in total. The average Bonchev–Trinajstić information content (AvgIpc) is 2.87. The summed E-state index contributed by atoms with van der Waals surface area (Å²) in [6.07, 6.45) is 3.84. The molecule has 1 spiro atoms. The Morgan fingerprint density at radius 3 is 2.50 bits per heavy atom. The molecule has 0 radical (unpaired) electrons. The number of piperazine rings is 2. The van der Waals surface area contributed by atoms with E-state index in [1.54, 1.807) is 23.9 Å². The maximum atomic E-state index is 12.8. The summed E-state index contributed by atoms with van der Waals surface area (Å²) in [6.45, 7) is 14.0. The maximum Gasteiger partial charge on any atom is 0.253 e. The summed E-state index contributed by atoms with van der Waals surface area (Å²) < 4.78 is 1.64. The van der Waals surface area contributed by atoms with Crippen molar-refractivity contribution in [1.82, 2.24) is 24.3 Å². The third-order valence-corrected chi connectivity index (χ3v) is 9.29. The molecular formula is C29H38N8O. The molecular weight excluding hydrogens is 476 g/mol. The van der Waals surface area contributed by atoms with Crippen LogP contribution in [0.4, 0.5) is 17.2 Å². The van der Waals surface area contributed by atoms with Gasteiger partial charge in [-0.1, -0.05) is 0 Å². The molecule has 0 aliphatic carbocycles. The molecule has 3 aromatic heterocycles. The SMILES string of the molecule is Cc1cc(N2CC3(CN(C)C3)C2)cnc1N1CCN2[C@@H](C1)CN(c1cc(=O)n(C)c3ncccc13)C[C@@H]2C. The van der Waals surface area contributed by atoms with Crippen LogP contribution in [0.1, 0.15) is 12.5 Å². The first-order valence-electron chi connectivity index (χ1n) is 13.9. The number of likely N-dealkylation sites (tertiary alicyclic amines) is 1. The van der Waals surface area contributed by atoms with Crippen LogP contribution in [0.2, 0.25) is 0 Å². The van der Waals surface area contributed by atoms with Crippen molar-refractivity contribution >= 4 is 28.2 Å². The van der Waals surface area contributed by atoms with Gasteiger partial charge in [-0.05, 0) is 44.7 Å². The summed E-state index contributed by atoms with van der Waals surface area (Å²) in [5.41, 5.74) is 4.77. The highest BCUT2D eigenvalue weighted by Crippen LogP contribution is 2.41. The minimum atomic E-state index is -0.0103. The summed E-state index contributed by atoms with van der Waals surface area (Å²) >= 11 is 0. The van der Waals surface area contributed by atoms with Gasteiger partial charge in [-0.3, -0.25) is 14.3 Å². The Morgan fingerprint density at radius 2 is 1.74 bits per heavy atom. The predicted molar refractivity (Wildman–Crippen MR) is 152 cm³/mol. The smallest absolute Gasteiger partial charge is 0.253 e. The average molecular weight is 515 g/mol. The fourth-order valence-electron chi connectivity index (χ4n) is 7.58. The summed E-state index contributed by atoms with van der Waals surface area (Å²) in [7, 11) is 4.01. The molecule has 9 heteroatoms. The molecule has 0 aromatic carbocycles. The van der Waals surface area contributed by atoms with E-state index in [9.17, 15) is 4.79 Å². The highest BCUT2D eigenvalue weighted by atomic mass is 16.1. The third-order valence-electron chi connectivity index (χ3n) is 9.29. The van der Waals surface area contributed by atoms with Gasteiger partial charge < -0.3 is 19.6 Å². The second-order valence-corrected chi connectivity index (χ2v) is 12.3. The Balaban J connectivity index is 1.10. The zero-order valence-corrected chi connectivity index (χ0v) is 23.0. The molecule has 0 amide bonds. The van der Waals surface area contributed by atoms with E-state index in [4.69, 9.17) is 4.98 Å². The van der Waals surface area contributed by atoms with Gasteiger partial charge in [0.1, 0.15) is 11.5 Å². The van der Waals surface area contributed by atoms with Gasteiger partial charge in [0.05, 0.1) is 17.6 Å². The van der Waals surface area contributed by atoms with E-state index in [0.717, 1.165) is 68.4 Å². The Labute approximate surface area is 224 Å². The molecule has 4 saturated heterocycles. The molecule has 0 N–H and O–H groups in total. The zero-order valence-electron chi connectivity index (χ0n) is 23.0. The Morgan fingerprint density at radius 1 is 0.947 bits per heavy atom. The van der Waals surface area contributed by atoms with Gasteiger partial charge in [-0.25, -0.2) is 9.97 Å². The van der Waals surface area contributed by atoms with Gasteiger partial charge in [0.2, 0.25) is 0 Å². The Kier molecular flexibility index (Phi) is 5.46. The number of aryl methyl sites for hydroxylation is 2. The van der Waals surface area contributed by atoms with Crippen LogP contribution in [0.5, 0.6) is 0 Å². The second-order valence-electron chi connectivity index (χ2n) is 12.3. The normalized spacial score (nSPS) is 25.4. The Hall–Kier alpha value is -3.17. The first-order chi connectivity index (χ1) is 18.3. The van der Waals surface area contributed by atoms with Crippen molar-refractivity contribution in [2.75, 3.05) is 80.7 Å². The van der Waals surface area contributed by atoms with Crippen LogP contribution in [-0.4, -0.2) is 102 Å². The van der Waals surface area contributed by atoms with Gasteiger partial charge in [0.25, 0.3) is 5.56 Å². The molecule has 0 saturated carbocycles. The number of fused-ring (bicyclic) bond motifs is 2. The minimum Gasteiger partial charge on any atom is -0.369 e. The summed E-state index contributed by atoms with van der Waals surface area (Å²) in [4.78, 5) is 34.7. The number of aromatic nitrogens is 3. The van der Waals surface area contributed by atoms with Crippen molar-refractivity contribution in [2.45, 2.75) is 25.9 Å². The number of hydrogen-bond donors (Lipinski definition) is 0. The van der Waals surface area contributed by atoms with E-state index in [1.807, 2.05) is 6.07 Å². The highest BCUT2D eigenvalue weighted by molar-refractivity contribution is 5.89. The third kappa shape index (κ3) is 3.78. The van der Waals surface area contributed by atoms with E-state index in [2.05, 4.69) is 68.7 Å². The van der Waals surface area contributed by atoms with Crippen molar-refractivity contribution in [1.29, 1.82) is 0 Å². The van der Waals surface area contributed by atoms with Crippen LogP contribution >= 0.6 is 0 Å². The van der Waals surface area contributed by atoms with Crippen LogP contribution < -0.4 is 20.3 Å². The summed E-state index contributed by atoms with van der Waals surface area (Å²) in [5, 5.41) is 1.04. The van der Waals surface area contributed by atoms with E-state index in [0.29, 0.717) is 17.5 Å². The van der Waals surface area contributed by atoms with Gasteiger partial charge in [0, 0.05) is 101 Å². The second kappa shape index (κ2) is 8.68. The molecule has 7 rings (SSSR count). The van der Waals surface area contributed by atoms with E-state index in [1.165, 1.54) is 24.3 Å². The van der Waals surface area contributed by atoms with Crippen LogP contribution in [0.25, 0.3) is 11.0 Å². The predicted octanol–water partition coefficient (Wildman–Crippen LogP) is 1.79. The molecule has 3 aromatic rings. The lowest BCUT2D eigenvalue weighted by Crippen LogP contribution is -2.71. The lowest BCUT2D eigenvalue weighted by Gasteiger charge is -2.60. The fourth-order valence-corrected chi connectivity index (χ4v) is 7.58. The Bertz CT molecular complexity index is 1440. The maximum absolute atomic E-state index is 12.8. The van der Waals surface area contributed by atoms with E-state index in [-0.39, 0.29) is 5.56 Å². The molecule has 0 unspecified atom stereocenters. The quantitative estimate of drug-likeness (QED) is 0.524. The molecule has 7 heterocycles. The molecule has 4 fully saturated rings. The number of anilines is 3. The van der Waals surface area contributed by atoms with Crippen LogP contribution in [0, 0.1) is 12.3 Å². The van der Waals surface area contributed by atoms with Crippen molar-refractivity contribution in [3.8, 4) is 0 Å². The fraction of sp³-hybridized carbons (Fsp3) is 0.552. The van der Waals surface area contributed by atoms with Crippen molar-refractivity contribution in [3.05, 3.63) is 52.6 Å². The first-order valence-corrected chi connectivity index (χ1v) is 13.9. The van der Waals surface area contributed by atoms with Crippen LogP contribution in [0.3, 0.4) is 0 Å². The number of hydrogen-bond acceptors (Lipinski definition) is 8. The van der Waals surface area contributed by atoms with Gasteiger partial charge >= 0.3 is 0 Å². The lowest BCUT2D eigenvalue weighted by molar-refractivity contribution is -0.00242. The molecule has 0 bridgehead atoms. The molecule has 4 aliphatic rings. The molecule has 200 valence electrons. The van der Waals surface area contributed by atoms with Crippen molar-refractivity contribution < 1.29 is 0 Å². The van der Waals surface area contributed by atoms with Gasteiger partial charge in [0.15, 0.2) is 0 Å². The number of nitrogens with zero attached hydrogens (tertiary/aromatic N) is 8. The molecule has 38 heavy (non-hydrogen) atoms. The molecule has 2 atom stereocenters. The highest BCUT2D eigenvalue weighted by Gasteiger charge is 2.50. The van der Waals surface area contributed by atoms with Crippen molar-refractivity contribution in [2.24, 2.45) is 12.5 Å². The van der Waals surface area contributed by atoms with E-state index >= 15 is 0 Å². The van der Waals surface area contributed by atoms with Crippen LogP contribution in [-0.2, 0) is 7.05 Å². The number of rotatable bonds is 3. The largest absolute Gasteiger partial charge is 0.369 e. The topological polar surface area (TPSA) is 64.0 Å². The standard InChI is InChI=1S/C29H38N8O/c1-20-10-22(36-18-29(19-36)16-32(3)17-29)12-31-27(20)34-8-9-37-21(2)13-35(15-23(37)14-34)25-11-26(38)33(4)28-24(25)6-5-7-30-28/h5-7,10-12,21,23H,8-9,13-19H2,1-4H3/t21-,23-/m0/s1. The van der Waals surface area contributed by atoms with Crippen LogP contribution in [0.15, 0.2) is 41.5 Å². The molecule has 4 aliphatic heterocycles. The zero-order chi connectivity index (χ0) is 26.2. The number of pyridine rings is 3. The van der Waals surface area contributed by atoms with E-state index < -0.39 is 0 Å². The lowest BCUT2D eigenvalue weighted by atomic mass is 9.73. The minimum absolute atomic E-state index is 0.0103. The van der Waals surface area contributed by atoms with Gasteiger partial charge in [-0.15, -0.1) is 0 Å². The van der Waals surface area contributed by atoms with Crippen molar-refractivity contribution in [3.63, 3.8) is 0 Å². The first kappa shape index (κ1) is 23.9. The van der Waals surface area contributed by atoms with Gasteiger partial charge in [-0.2, -0.15) is 0 Å². The summed E-state index contributed by atoms with van der Waals surface area (Å²) in [5.74, 6) is 1.11. The summed E-state index contributed by atoms with van der Waals surface area (Å²) in [6, 6.07) is 8.94.